The number of benzene rings is 1. The van der Waals surface area contributed by atoms with Crippen molar-refractivity contribution in [2.24, 2.45) is 11.7 Å². The van der Waals surface area contributed by atoms with E-state index in [2.05, 4.69) is 16.7 Å². The summed E-state index contributed by atoms with van der Waals surface area (Å²) >= 11 is 0. The topological polar surface area (TPSA) is 173 Å². The van der Waals surface area contributed by atoms with Crippen molar-refractivity contribution >= 4 is 23.5 Å². The number of carbonyl (C=O) groups excluding carboxylic acids is 4. The van der Waals surface area contributed by atoms with Crippen LogP contribution < -0.4 is 21.1 Å². The van der Waals surface area contributed by atoms with Gasteiger partial charge in [-0.2, -0.15) is 0 Å². The molecule has 3 aliphatic rings. The van der Waals surface area contributed by atoms with E-state index in [1.807, 2.05) is 4.90 Å². The van der Waals surface area contributed by atoms with E-state index in [1.54, 1.807) is 13.0 Å². The SMILES string of the molecule is COc1ccc(CC(NC(=O)[C@H](C)NC(=O)CN2CCOCC2)(C(N)=O)[C@H](CC2=CCCC2)C(=O)[C@@]2(C)CO2)cc1O. The Labute approximate surface area is 245 Å². The highest BCUT2D eigenvalue weighted by Crippen LogP contribution is 2.40. The number of hydrogen-bond acceptors (Lipinski definition) is 9. The molecule has 0 bridgehead atoms. The van der Waals surface area contributed by atoms with Gasteiger partial charge in [0.25, 0.3) is 0 Å². The van der Waals surface area contributed by atoms with Crippen LogP contribution in [0.2, 0.25) is 0 Å². The number of ketones is 1. The van der Waals surface area contributed by atoms with Crippen LogP contribution in [0.3, 0.4) is 0 Å². The van der Waals surface area contributed by atoms with Gasteiger partial charge in [0.15, 0.2) is 17.3 Å². The van der Waals surface area contributed by atoms with Gasteiger partial charge in [0, 0.05) is 19.5 Å². The van der Waals surface area contributed by atoms with Crippen LogP contribution in [0.5, 0.6) is 11.5 Å². The van der Waals surface area contributed by atoms with Crippen molar-refractivity contribution in [3.63, 3.8) is 0 Å². The van der Waals surface area contributed by atoms with E-state index in [1.165, 1.54) is 26.2 Å². The predicted molar refractivity (Wildman–Crippen MR) is 153 cm³/mol. The first-order chi connectivity index (χ1) is 20.0. The van der Waals surface area contributed by atoms with Gasteiger partial charge in [0.1, 0.15) is 17.2 Å². The number of phenolic OH excluding ortho intramolecular Hbond substituents is 1. The molecule has 3 amide bonds. The van der Waals surface area contributed by atoms with Crippen molar-refractivity contribution in [1.82, 2.24) is 15.5 Å². The number of nitrogens with two attached hydrogens (primary N) is 1. The van der Waals surface area contributed by atoms with E-state index in [0.717, 1.165) is 24.8 Å². The second-order valence-corrected chi connectivity index (χ2v) is 11.6. The van der Waals surface area contributed by atoms with Gasteiger partial charge >= 0.3 is 0 Å². The van der Waals surface area contributed by atoms with Crippen molar-refractivity contribution < 1.29 is 38.5 Å². The molecule has 1 aromatic rings. The molecule has 0 saturated carbocycles. The first-order valence-corrected chi connectivity index (χ1v) is 14.4. The molecule has 4 atom stereocenters. The first-order valence-electron chi connectivity index (χ1n) is 14.4. The van der Waals surface area contributed by atoms with Crippen molar-refractivity contribution in [1.29, 1.82) is 0 Å². The molecule has 4 rings (SSSR count). The Morgan fingerprint density at radius 2 is 1.95 bits per heavy atom. The maximum atomic E-state index is 14.0. The Hall–Kier alpha value is -3.48. The average molecular weight is 587 g/mol. The summed E-state index contributed by atoms with van der Waals surface area (Å²) in [4.78, 5) is 55.9. The largest absolute Gasteiger partial charge is 0.504 e. The molecule has 2 fully saturated rings. The molecule has 5 N–H and O–H groups in total. The Balaban J connectivity index is 1.66. The lowest BCUT2D eigenvalue weighted by Crippen LogP contribution is -2.68. The highest BCUT2D eigenvalue weighted by molar-refractivity contribution is 6.02. The van der Waals surface area contributed by atoms with Crippen LogP contribution in [-0.4, -0.2) is 97.3 Å². The van der Waals surface area contributed by atoms with Gasteiger partial charge in [-0.1, -0.05) is 17.7 Å². The molecule has 0 aromatic heterocycles. The molecule has 42 heavy (non-hydrogen) atoms. The van der Waals surface area contributed by atoms with E-state index in [9.17, 15) is 24.3 Å². The molecule has 12 nitrogen and oxygen atoms in total. The minimum absolute atomic E-state index is 0.0953. The number of morpholine rings is 1. The zero-order valence-corrected chi connectivity index (χ0v) is 24.6. The molecular weight excluding hydrogens is 544 g/mol. The number of methoxy groups -OCH3 is 1. The molecule has 2 saturated heterocycles. The van der Waals surface area contributed by atoms with E-state index in [-0.39, 0.29) is 49.2 Å². The summed E-state index contributed by atoms with van der Waals surface area (Å²) in [6.07, 6.45) is 4.64. The van der Waals surface area contributed by atoms with Gasteiger partial charge < -0.3 is 35.7 Å². The fraction of sp³-hybridized carbons (Fsp3) is 0.600. The van der Waals surface area contributed by atoms with Crippen LogP contribution in [0, 0.1) is 5.92 Å². The molecule has 0 spiro atoms. The van der Waals surface area contributed by atoms with Crippen LogP contribution in [0.15, 0.2) is 29.8 Å². The number of phenols is 1. The fourth-order valence-corrected chi connectivity index (χ4v) is 5.68. The Bertz CT molecular complexity index is 1220. The summed E-state index contributed by atoms with van der Waals surface area (Å²) in [5.74, 6) is -3.26. The molecule has 1 unspecified atom stereocenters. The van der Waals surface area contributed by atoms with Crippen LogP contribution in [-0.2, 0) is 35.1 Å². The van der Waals surface area contributed by atoms with Crippen molar-refractivity contribution in [2.45, 2.75) is 63.1 Å². The van der Waals surface area contributed by atoms with Crippen LogP contribution >= 0.6 is 0 Å². The van der Waals surface area contributed by atoms with Gasteiger partial charge in [-0.15, -0.1) is 0 Å². The Morgan fingerprint density at radius 3 is 2.52 bits per heavy atom. The first kappa shape index (κ1) is 31.5. The number of carbonyl (C=O) groups is 4. The number of nitrogens with zero attached hydrogens (tertiary/aromatic N) is 1. The maximum Gasteiger partial charge on any atom is 0.244 e. The number of amides is 3. The van der Waals surface area contributed by atoms with Crippen molar-refractivity contribution in [3.05, 3.63) is 35.4 Å². The molecule has 0 radical (unpaired) electrons. The summed E-state index contributed by atoms with van der Waals surface area (Å²) in [5.41, 5.74) is 4.57. The van der Waals surface area contributed by atoms with E-state index in [0.29, 0.717) is 31.9 Å². The number of primary amides is 1. The molecule has 1 aliphatic carbocycles. The Kier molecular flexibility index (Phi) is 9.90. The van der Waals surface area contributed by atoms with Crippen LogP contribution in [0.1, 0.15) is 45.1 Å². The quantitative estimate of drug-likeness (QED) is 0.180. The number of nitrogens with one attached hydrogen (secondary N) is 2. The van der Waals surface area contributed by atoms with Crippen LogP contribution in [0.25, 0.3) is 0 Å². The summed E-state index contributed by atoms with van der Waals surface area (Å²) in [6, 6.07) is 3.56. The molecule has 12 heteroatoms. The van der Waals surface area contributed by atoms with Gasteiger partial charge in [-0.05, 0) is 57.2 Å². The zero-order valence-electron chi connectivity index (χ0n) is 24.6. The number of rotatable bonds is 14. The smallest absolute Gasteiger partial charge is 0.244 e. The van der Waals surface area contributed by atoms with Crippen molar-refractivity contribution in [2.75, 3.05) is 46.6 Å². The molecule has 1 aromatic carbocycles. The standard InChI is InChI=1S/C30H42N4O8/c1-19(32-25(36)17-34-10-12-41-13-11-34)27(38)33-30(28(31)39,16-21-8-9-24(40-3)23(35)15-21)22(14-20-6-4-5-7-20)26(37)29(2)18-42-29/h6,8-9,15,19,22,35H,4-5,7,10-14,16-18H2,1-3H3,(H2,31,39)(H,32,36)(H,33,38)/t19-,22+,29+,30?/m0/s1. The summed E-state index contributed by atoms with van der Waals surface area (Å²) in [5, 5.41) is 16.0. The average Bonchev–Trinajstić information content (AvgIpc) is 3.49. The summed E-state index contributed by atoms with van der Waals surface area (Å²) in [7, 11) is 1.41. The molecular formula is C30H42N4O8. The molecule has 2 aliphatic heterocycles. The lowest BCUT2D eigenvalue weighted by atomic mass is 9.70. The van der Waals surface area contributed by atoms with Gasteiger partial charge in [-0.3, -0.25) is 24.1 Å². The second kappa shape index (κ2) is 13.2. The second-order valence-electron chi connectivity index (χ2n) is 11.6. The molecule has 230 valence electrons. The maximum absolute atomic E-state index is 14.0. The fourth-order valence-electron chi connectivity index (χ4n) is 5.68. The highest BCUT2D eigenvalue weighted by atomic mass is 16.6. The third kappa shape index (κ3) is 7.29. The monoisotopic (exact) mass is 586 g/mol. The van der Waals surface area contributed by atoms with E-state index >= 15 is 0 Å². The molecule has 2 heterocycles. The van der Waals surface area contributed by atoms with Crippen molar-refractivity contribution in [3.8, 4) is 11.5 Å². The number of ether oxygens (including phenoxy) is 3. The highest BCUT2D eigenvalue weighted by Gasteiger charge is 2.58. The summed E-state index contributed by atoms with van der Waals surface area (Å²) < 4.78 is 16.0. The number of hydrogen-bond donors (Lipinski definition) is 4. The minimum atomic E-state index is -1.89. The van der Waals surface area contributed by atoms with E-state index < -0.39 is 34.9 Å². The third-order valence-corrected chi connectivity index (χ3v) is 8.37. The number of aromatic hydroxyl groups is 1. The van der Waals surface area contributed by atoms with Gasteiger partial charge in [-0.25, -0.2) is 0 Å². The van der Waals surface area contributed by atoms with Gasteiger partial charge in [0.2, 0.25) is 17.7 Å². The summed E-state index contributed by atoms with van der Waals surface area (Å²) in [6.45, 7) is 5.73. The number of allylic oxidation sites excluding steroid dienone is 2. The van der Waals surface area contributed by atoms with Crippen LogP contribution in [0.4, 0.5) is 0 Å². The predicted octanol–water partition coefficient (Wildman–Crippen LogP) is 0.595. The lowest BCUT2D eigenvalue weighted by Gasteiger charge is -2.40. The number of epoxide rings is 1. The normalized spacial score (nSPS) is 23.2. The zero-order chi connectivity index (χ0) is 30.5. The number of Topliss-reactive ketones (excluding diaryl/α,β-unsaturated/α-hetero) is 1. The Morgan fingerprint density at radius 1 is 1.24 bits per heavy atom. The van der Waals surface area contributed by atoms with E-state index in [4.69, 9.17) is 19.9 Å². The lowest BCUT2D eigenvalue weighted by molar-refractivity contribution is -0.142. The third-order valence-electron chi connectivity index (χ3n) is 8.37. The minimum Gasteiger partial charge on any atom is -0.504 e. The van der Waals surface area contributed by atoms with Gasteiger partial charge in [0.05, 0.1) is 39.4 Å².